The van der Waals surface area contributed by atoms with Gasteiger partial charge in [0.15, 0.2) is 0 Å². The highest BCUT2D eigenvalue weighted by Crippen LogP contribution is 2.35. The number of ether oxygens (including phenoxy) is 1. The van der Waals surface area contributed by atoms with Crippen LogP contribution >= 0.6 is 0 Å². The molecule has 1 aliphatic rings. The summed E-state index contributed by atoms with van der Waals surface area (Å²) in [5, 5.41) is 0. The third-order valence-corrected chi connectivity index (χ3v) is 3.76. The number of rotatable bonds is 8. The maximum absolute atomic E-state index is 12.5. The quantitative estimate of drug-likeness (QED) is 0.390. The zero-order chi connectivity index (χ0) is 15.0. The Morgan fingerprint density at radius 3 is 2.80 bits per heavy atom. The molecule has 1 amide bonds. The summed E-state index contributed by atoms with van der Waals surface area (Å²) in [5.74, 6) is -0.262. The molecule has 1 saturated heterocycles. The molecule has 1 aliphatic heterocycles. The number of unbranched alkanes of at least 4 members (excludes halogenated alkanes) is 1. The van der Waals surface area contributed by atoms with E-state index in [4.69, 9.17) is 4.74 Å². The third-order valence-electron chi connectivity index (χ3n) is 3.76. The lowest BCUT2D eigenvalue weighted by Gasteiger charge is -2.44. The third kappa shape index (κ3) is 3.50. The maximum atomic E-state index is 12.5. The first-order chi connectivity index (χ1) is 9.62. The van der Waals surface area contributed by atoms with Gasteiger partial charge in [0.05, 0.1) is 6.61 Å². The van der Waals surface area contributed by atoms with Gasteiger partial charge in [-0.1, -0.05) is 12.2 Å². The van der Waals surface area contributed by atoms with Crippen LogP contribution < -0.4 is 0 Å². The molecule has 0 aliphatic carbocycles. The van der Waals surface area contributed by atoms with Gasteiger partial charge in [-0.15, -0.1) is 13.2 Å². The van der Waals surface area contributed by atoms with Crippen molar-refractivity contribution >= 4 is 11.9 Å². The van der Waals surface area contributed by atoms with Gasteiger partial charge in [-0.3, -0.25) is 4.79 Å². The van der Waals surface area contributed by atoms with Crippen LogP contribution in [-0.2, 0) is 14.3 Å². The molecule has 0 radical (unpaired) electrons. The summed E-state index contributed by atoms with van der Waals surface area (Å²) in [5.41, 5.74) is -0.817. The lowest BCUT2D eigenvalue weighted by Crippen LogP contribution is -2.60. The van der Waals surface area contributed by atoms with E-state index >= 15 is 0 Å². The number of carbonyl (C=O) groups excluding carboxylic acids is 2. The van der Waals surface area contributed by atoms with Crippen LogP contribution in [0.25, 0.3) is 0 Å². The summed E-state index contributed by atoms with van der Waals surface area (Å²) in [6, 6.07) is 0. The monoisotopic (exact) mass is 279 g/mol. The van der Waals surface area contributed by atoms with Crippen molar-refractivity contribution in [2.75, 3.05) is 13.2 Å². The van der Waals surface area contributed by atoms with Crippen molar-refractivity contribution in [3.8, 4) is 0 Å². The predicted octanol–water partition coefficient (Wildman–Crippen LogP) is 2.84. The number of hydrogen-bond donors (Lipinski definition) is 0. The molecule has 0 aromatic heterocycles. The number of hydrogen-bond acceptors (Lipinski definition) is 3. The minimum Gasteiger partial charge on any atom is -0.464 e. The fourth-order valence-electron chi connectivity index (χ4n) is 2.82. The van der Waals surface area contributed by atoms with E-state index in [2.05, 4.69) is 13.2 Å². The van der Waals surface area contributed by atoms with Gasteiger partial charge in [-0.25, -0.2) is 4.79 Å². The van der Waals surface area contributed by atoms with E-state index in [9.17, 15) is 9.59 Å². The topological polar surface area (TPSA) is 46.6 Å². The highest BCUT2D eigenvalue weighted by atomic mass is 16.5. The zero-order valence-electron chi connectivity index (χ0n) is 12.4. The van der Waals surface area contributed by atoms with Crippen LogP contribution in [0.1, 0.15) is 45.4 Å². The van der Waals surface area contributed by atoms with E-state index in [-0.39, 0.29) is 11.9 Å². The Morgan fingerprint density at radius 2 is 2.20 bits per heavy atom. The van der Waals surface area contributed by atoms with Crippen molar-refractivity contribution in [2.24, 2.45) is 0 Å². The van der Waals surface area contributed by atoms with Gasteiger partial charge in [0.1, 0.15) is 5.54 Å². The van der Waals surface area contributed by atoms with Gasteiger partial charge >= 0.3 is 5.97 Å². The SMILES string of the molecule is C=CCCC[C@]1(C(=O)OCC)CCCC(=O)N1CC=C. The van der Waals surface area contributed by atoms with Gasteiger partial charge in [0.25, 0.3) is 0 Å². The molecule has 0 saturated carbocycles. The Morgan fingerprint density at radius 1 is 1.45 bits per heavy atom. The van der Waals surface area contributed by atoms with Crippen LogP contribution in [0.5, 0.6) is 0 Å². The number of nitrogens with zero attached hydrogens (tertiary/aromatic N) is 1. The van der Waals surface area contributed by atoms with E-state index in [1.165, 1.54) is 0 Å². The van der Waals surface area contributed by atoms with Crippen LogP contribution in [0.15, 0.2) is 25.3 Å². The Balaban J connectivity index is 3.02. The van der Waals surface area contributed by atoms with Crippen LogP contribution in [0, 0.1) is 0 Å². The van der Waals surface area contributed by atoms with Gasteiger partial charge in [-0.2, -0.15) is 0 Å². The first kappa shape index (κ1) is 16.5. The molecule has 112 valence electrons. The predicted molar refractivity (Wildman–Crippen MR) is 79.2 cm³/mol. The Kier molecular flexibility index (Phi) is 6.49. The first-order valence-electron chi connectivity index (χ1n) is 7.32. The second-order valence-corrected chi connectivity index (χ2v) is 5.08. The Bertz CT molecular complexity index is 378. The molecule has 1 atom stereocenters. The van der Waals surface area contributed by atoms with E-state index in [1.54, 1.807) is 17.9 Å². The van der Waals surface area contributed by atoms with Crippen molar-refractivity contribution in [3.05, 3.63) is 25.3 Å². The Hall–Kier alpha value is -1.58. The maximum Gasteiger partial charge on any atom is 0.332 e. The summed E-state index contributed by atoms with van der Waals surface area (Å²) in [6.07, 6.45) is 7.68. The van der Waals surface area contributed by atoms with Gasteiger partial charge in [0, 0.05) is 13.0 Å². The highest BCUT2D eigenvalue weighted by molar-refractivity contribution is 5.89. The van der Waals surface area contributed by atoms with Crippen molar-refractivity contribution in [1.82, 2.24) is 4.90 Å². The lowest BCUT2D eigenvalue weighted by molar-refractivity contribution is -0.168. The van der Waals surface area contributed by atoms with Crippen molar-refractivity contribution in [1.29, 1.82) is 0 Å². The van der Waals surface area contributed by atoms with Gasteiger partial charge in [0.2, 0.25) is 5.91 Å². The first-order valence-corrected chi connectivity index (χ1v) is 7.32. The number of piperidine rings is 1. The summed E-state index contributed by atoms with van der Waals surface area (Å²) in [4.78, 5) is 26.3. The van der Waals surface area contributed by atoms with E-state index < -0.39 is 5.54 Å². The summed E-state index contributed by atoms with van der Waals surface area (Å²) in [7, 11) is 0. The van der Waals surface area contributed by atoms with Crippen molar-refractivity contribution in [3.63, 3.8) is 0 Å². The zero-order valence-corrected chi connectivity index (χ0v) is 12.4. The molecular formula is C16H25NO3. The highest BCUT2D eigenvalue weighted by Gasteiger charge is 2.48. The Labute approximate surface area is 121 Å². The number of amides is 1. The molecule has 1 fully saturated rings. The molecule has 0 aromatic carbocycles. The molecule has 1 heterocycles. The molecule has 20 heavy (non-hydrogen) atoms. The molecule has 1 rings (SSSR count). The average molecular weight is 279 g/mol. The second-order valence-electron chi connectivity index (χ2n) is 5.08. The van der Waals surface area contributed by atoms with Crippen molar-refractivity contribution in [2.45, 2.75) is 51.0 Å². The summed E-state index contributed by atoms with van der Waals surface area (Å²) < 4.78 is 5.25. The van der Waals surface area contributed by atoms with E-state index in [1.807, 2.05) is 6.08 Å². The lowest BCUT2D eigenvalue weighted by atomic mass is 9.81. The molecule has 0 unspecified atom stereocenters. The largest absolute Gasteiger partial charge is 0.464 e. The fourth-order valence-corrected chi connectivity index (χ4v) is 2.82. The standard InChI is InChI=1S/C16H25NO3/c1-4-7-8-11-16(15(19)20-6-3)12-9-10-14(18)17(16)13-5-2/h4-5H,1-2,6-13H2,3H3/t16-/m1/s1. The van der Waals surface area contributed by atoms with Gasteiger partial charge < -0.3 is 9.64 Å². The number of carbonyl (C=O) groups is 2. The summed E-state index contributed by atoms with van der Waals surface area (Å²) in [6.45, 7) is 9.91. The molecule has 0 spiro atoms. The second kappa shape index (κ2) is 7.88. The molecule has 0 N–H and O–H groups in total. The minimum absolute atomic E-state index is 0.0165. The molecule has 0 bridgehead atoms. The number of esters is 1. The van der Waals surface area contributed by atoms with E-state index in [0.29, 0.717) is 32.4 Å². The van der Waals surface area contributed by atoms with Gasteiger partial charge in [-0.05, 0) is 39.0 Å². The van der Waals surface area contributed by atoms with E-state index in [0.717, 1.165) is 19.3 Å². The minimum atomic E-state index is -0.817. The fraction of sp³-hybridized carbons (Fsp3) is 0.625. The summed E-state index contributed by atoms with van der Waals surface area (Å²) >= 11 is 0. The number of allylic oxidation sites excluding steroid dienone is 1. The normalized spacial score (nSPS) is 22.4. The average Bonchev–Trinajstić information content (AvgIpc) is 2.43. The number of likely N-dealkylation sites (tertiary alicyclic amines) is 1. The van der Waals surface area contributed by atoms with Crippen LogP contribution in [0.2, 0.25) is 0 Å². The van der Waals surface area contributed by atoms with Crippen LogP contribution in [0.3, 0.4) is 0 Å². The molecule has 0 aromatic rings. The molecular weight excluding hydrogens is 254 g/mol. The van der Waals surface area contributed by atoms with Crippen molar-refractivity contribution < 1.29 is 14.3 Å². The molecule has 4 nitrogen and oxygen atoms in total. The molecule has 4 heteroatoms. The smallest absolute Gasteiger partial charge is 0.332 e. The van der Waals surface area contributed by atoms with Crippen LogP contribution in [-0.4, -0.2) is 35.5 Å². The van der Waals surface area contributed by atoms with Crippen LogP contribution in [0.4, 0.5) is 0 Å².